The van der Waals surface area contributed by atoms with E-state index in [0.29, 0.717) is 15.1 Å². The van der Waals surface area contributed by atoms with Gasteiger partial charge in [0.25, 0.3) is 10.0 Å². The van der Waals surface area contributed by atoms with Crippen LogP contribution in [-0.2, 0) is 16.4 Å². The first kappa shape index (κ1) is 19.8. The highest BCUT2D eigenvalue weighted by Crippen LogP contribution is 2.41. The molecule has 1 aromatic carbocycles. The smallest absolute Gasteiger partial charge is 0.273 e. The summed E-state index contributed by atoms with van der Waals surface area (Å²) in [5, 5.41) is 15.8. The number of benzene rings is 1. The molecule has 6 nitrogen and oxygen atoms in total. The predicted molar refractivity (Wildman–Crippen MR) is 118 cm³/mol. The van der Waals surface area contributed by atoms with Gasteiger partial charge < -0.3 is 10.4 Å². The Morgan fingerprint density at radius 3 is 2.89 bits per heavy atom. The van der Waals surface area contributed by atoms with Crippen LogP contribution < -0.4 is 9.62 Å². The van der Waals surface area contributed by atoms with Crippen LogP contribution in [0, 0.1) is 6.92 Å². The van der Waals surface area contributed by atoms with Crippen molar-refractivity contribution in [1.82, 2.24) is 0 Å². The maximum atomic E-state index is 13.0. The lowest BCUT2D eigenvalue weighted by Crippen LogP contribution is -2.28. The summed E-state index contributed by atoms with van der Waals surface area (Å²) in [4.78, 5) is 4.67. The molecule has 150 valence electrons. The first-order valence-electron chi connectivity index (χ1n) is 9.15. The Kier molecular flexibility index (Phi) is 5.43. The van der Waals surface area contributed by atoms with E-state index in [1.807, 2.05) is 12.1 Å². The summed E-state index contributed by atoms with van der Waals surface area (Å²) >= 11 is 2.95. The van der Waals surface area contributed by atoms with Crippen molar-refractivity contribution >= 4 is 49.5 Å². The zero-order chi connectivity index (χ0) is 19.9. The monoisotopic (exact) mass is 437 g/mol. The number of thiophene rings is 1. The first-order chi connectivity index (χ1) is 13.4. The zero-order valence-corrected chi connectivity index (χ0v) is 18.2. The molecule has 28 heavy (non-hydrogen) atoms. The van der Waals surface area contributed by atoms with E-state index >= 15 is 0 Å². The molecule has 3 heterocycles. The van der Waals surface area contributed by atoms with Gasteiger partial charge in [-0.15, -0.1) is 23.1 Å². The number of hydrogen-bond donors (Lipinski definition) is 2. The number of nitrogens with zero attached hydrogens (tertiary/aromatic N) is 2. The molecular formula is C19H23N3O3S3. The van der Waals surface area contributed by atoms with Gasteiger partial charge in [-0.3, -0.25) is 9.30 Å². The molecular weight excluding hydrogens is 414 g/mol. The van der Waals surface area contributed by atoms with E-state index in [1.165, 1.54) is 15.6 Å². The van der Waals surface area contributed by atoms with Crippen molar-refractivity contribution in [3.8, 4) is 0 Å². The maximum Gasteiger partial charge on any atom is 0.273 e. The number of thioether (sulfide) groups is 1. The van der Waals surface area contributed by atoms with Crippen LogP contribution in [0.5, 0.6) is 0 Å². The Balaban J connectivity index is 1.62. The van der Waals surface area contributed by atoms with Gasteiger partial charge in [0.05, 0.1) is 29.0 Å². The third-order valence-electron chi connectivity index (χ3n) is 5.19. The van der Waals surface area contributed by atoms with Crippen LogP contribution in [0.15, 0.2) is 38.8 Å². The molecule has 0 saturated heterocycles. The molecule has 0 bridgehead atoms. The molecule has 0 aliphatic carbocycles. The number of sulfonamides is 1. The molecule has 2 aliphatic rings. The SMILES string of the molecule is Cc1ccc(N(C)S(=O)(=O)c2cccs2)c2c1CC(C1=NCC(CCO)S1)N2. The van der Waals surface area contributed by atoms with Gasteiger partial charge in [-0.05, 0) is 42.0 Å². The van der Waals surface area contributed by atoms with Crippen molar-refractivity contribution in [2.45, 2.75) is 35.3 Å². The number of fused-ring (bicyclic) bond motifs is 1. The minimum Gasteiger partial charge on any atom is -0.396 e. The van der Waals surface area contributed by atoms with Crippen LogP contribution in [0.1, 0.15) is 17.5 Å². The first-order valence-corrected chi connectivity index (χ1v) is 12.3. The summed E-state index contributed by atoms with van der Waals surface area (Å²) in [5.41, 5.74) is 3.82. The van der Waals surface area contributed by atoms with E-state index in [0.717, 1.165) is 41.2 Å². The molecule has 0 amide bonds. The molecule has 9 heteroatoms. The van der Waals surface area contributed by atoms with E-state index in [9.17, 15) is 8.42 Å². The van der Waals surface area contributed by atoms with Gasteiger partial charge in [0, 0.05) is 25.3 Å². The second kappa shape index (κ2) is 7.70. The molecule has 0 saturated carbocycles. The number of rotatable bonds is 6. The van der Waals surface area contributed by atoms with Crippen molar-refractivity contribution in [1.29, 1.82) is 0 Å². The topological polar surface area (TPSA) is 82.0 Å². The Morgan fingerprint density at radius 1 is 1.36 bits per heavy atom. The van der Waals surface area contributed by atoms with Crippen molar-refractivity contribution in [3.63, 3.8) is 0 Å². The number of hydrogen-bond acceptors (Lipinski definition) is 7. The van der Waals surface area contributed by atoms with Crippen LogP contribution in [0.4, 0.5) is 11.4 Å². The molecule has 1 aromatic heterocycles. The average Bonchev–Trinajstić information content (AvgIpc) is 3.41. The highest BCUT2D eigenvalue weighted by molar-refractivity contribution is 8.14. The number of aliphatic imine (C=N–C) groups is 1. The van der Waals surface area contributed by atoms with Crippen molar-refractivity contribution < 1.29 is 13.5 Å². The molecule has 2 N–H and O–H groups in total. The summed E-state index contributed by atoms with van der Waals surface area (Å²) in [5.74, 6) is 0. The fourth-order valence-electron chi connectivity index (χ4n) is 3.60. The Bertz CT molecular complexity index is 1000. The van der Waals surface area contributed by atoms with Gasteiger partial charge in [-0.2, -0.15) is 0 Å². The standard InChI is InChI=1S/C19H23N3O3S3/c1-12-5-6-16(22(2)28(24,25)17-4-3-9-26-17)18-14(12)10-15(21-18)19-20-11-13(27-19)7-8-23/h3-6,9,13,15,21,23H,7-8,10-11H2,1-2H3. The molecule has 0 spiro atoms. The second-order valence-corrected chi connectivity index (χ2v) is 11.5. The van der Waals surface area contributed by atoms with Gasteiger partial charge in [0.2, 0.25) is 0 Å². The Labute approximate surface area is 173 Å². The highest BCUT2D eigenvalue weighted by atomic mass is 32.2. The van der Waals surface area contributed by atoms with Crippen LogP contribution in [0.25, 0.3) is 0 Å². The number of aryl methyl sites for hydroxylation is 1. The molecule has 2 aliphatic heterocycles. The molecule has 0 radical (unpaired) electrons. The molecule has 2 aromatic rings. The van der Waals surface area contributed by atoms with Crippen molar-refractivity contribution in [2.24, 2.45) is 4.99 Å². The number of nitrogens with one attached hydrogen (secondary N) is 1. The zero-order valence-electron chi connectivity index (χ0n) is 15.8. The summed E-state index contributed by atoms with van der Waals surface area (Å²) in [7, 11) is -1.98. The third-order valence-corrected chi connectivity index (χ3v) is 9.71. The minimum absolute atomic E-state index is 0.0568. The van der Waals surface area contributed by atoms with Crippen LogP contribution in [-0.4, -0.2) is 50.1 Å². The lowest BCUT2D eigenvalue weighted by molar-refractivity contribution is 0.288. The molecule has 0 fully saturated rings. The summed E-state index contributed by atoms with van der Waals surface area (Å²) < 4.78 is 27.7. The minimum atomic E-state index is -3.59. The van der Waals surface area contributed by atoms with Gasteiger partial charge in [0.1, 0.15) is 4.21 Å². The highest BCUT2D eigenvalue weighted by Gasteiger charge is 2.34. The third kappa shape index (κ3) is 3.45. The predicted octanol–water partition coefficient (Wildman–Crippen LogP) is 3.11. The van der Waals surface area contributed by atoms with Crippen LogP contribution in [0.2, 0.25) is 0 Å². The summed E-state index contributed by atoms with van der Waals surface area (Å²) in [6.07, 6.45) is 1.53. The fourth-order valence-corrected chi connectivity index (χ4v) is 7.14. The van der Waals surface area contributed by atoms with Gasteiger partial charge >= 0.3 is 0 Å². The fraction of sp³-hybridized carbons (Fsp3) is 0.421. The molecule has 2 unspecified atom stereocenters. The van der Waals surface area contributed by atoms with E-state index in [1.54, 1.807) is 36.3 Å². The van der Waals surface area contributed by atoms with Gasteiger partial charge in [-0.25, -0.2) is 8.42 Å². The molecule has 4 rings (SSSR count). The Hall–Kier alpha value is -1.55. The molecule has 2 atom stereocenters. The van der Waals surface area contributed by atoms with Crippen LogP contribution in [0.3, 0.4) is 0 Å². The quantitative estimate of drug-likeness (QED) is 0.726. The van der Waals surface area contributed by atoms with E-state index in [-0.39, 0.29) is 12.6 Å². The van der Waals surface area contributed by atoms with Crippen molar-refractivity contribution in [2.75, 3.05) is 29.8 Å². The lowest BCUT2D eigenvalue weighted by atomic mass is 10.0. The van der Waals surface area contributed by atoms with Gasteiger partial charge in [-0.1, -0.05) is 12.1 Å². The summed E-state index contributed by atoms with van der Waals surface area (Å²) in [6.45, 7) is 2.96. The van der Waals surface area contributed by atoms with Gasteiger partial charge in [0.15, 0.2) is 0 Å². The normalized spacial score (nSPS) is 21.3. The largest absolute Gasteiger partial charge is 0.396 e. The Morgan fingerprint density at radius 2 is 2.18 bits per heavy atom. The van der Waals surface area contributed by atoms with E-state index in [2.05, 4.69) is 17.2 Å². The average molecular weight is 438 g/mol. The number of aliphatic hydroxyl groups excluding tert-OH is 1. The summed E-state index contributed by atoms with van der Waals surface area (Å²) in [6, 6.07) is 7.29. The second-order valence-electron chi connectivity index (χ2n) is 6.99. The number of aliphatic hydroxyl groups is 1. The maximum absolute atomic E-state index is 13.0. The van der Waals surface area contributed by atoms with E-state index < -0.39 is 10.0 Å². The lowest BCUT2D eigenvalue weighted by Gasteiger charge is -2.22. The van der Waals surface area contributed by atoms with Crippen molar-refractivity contribution in [3.05, 3.63) is 40.8 Å². The van der Waals surface area contributed by atoms with E-state index in [4.69, 9.17) is 5.11 Å². The van der Waals surface area contributed by atoms with Crippen LogP contribution >= 0.6 is 23.1 Å². The number of anilines is 2.